The van der Waals surface area contributed by atoms with E-state index >= 15 is 0 Å². The fourth-order valence-electron chi connectivity index (χ4n) is 3.74. The number of nitrogens with two attached hydrogens (primary N) is 1. The Labute approximate surface area is 143 Å². The zero-order valence-corrected chi connectivity index (χ0v) is 13.8. The number of fused-ring (bicyclic) bond motifs is 1. The molecule has 0 amide bonds. The van der Waals surface area contributed by atoms with Crippen molar-refractivity contribution in [3.63, 3.8) is 0 Å². The molecule has 3 atom stereocenters. The van der Waals surface area contributed by atoms with Crippen molar-refractivity contribution < 1.29 is 17.9 Å². The van der Waals surface area contributed by atoms with Crippen molar-refractivity contribution in [1.82, 2.24) is 14.7 Å². The third-order valence-electron chi connectivity index (χ3n) is 5.14. The van der Waals surface area contributed by atoms with Gasteiger partial charge in [0.05, 0.1) is 18.5 Å². The van der Waals surface area contributed by atoms with Gasteiger partial charge in [-0.1, -0.05) is 0 Å². The maximum absolute atomic E-state index is 14.0. The minimum absolute atomic E-state index is 0.0289. The molecule has 4 rings (SSSR count). The van der Waals surface area contributed by atoms with E-state index in [-0.39, 0.29) is 11.6 Å². The summed E-state index contributed by atoms with van der Waals surface area (Å²) in [5, 5.41) is 4.24. The summed E-state index contributed by atoms with van der Waals surface area (Å²) >= 11 is 0. The van der Waals surface area contributed by atoms with Gasteiger partial charge < -0.3 is 10.5 Å². The van der Waals surface area contributed by atoms with Gasteiger partial charge in [-0.15, -0.1) is 0 Å². The Hall–Kier alpha value is -1.90. The van der Waals surface area contributed by atoms with Crippen LogP contribution in [0.4, 0.5) is 13.2 Å². The largest absolute Gasteiger partial charge is 0.370 e. The van der Waals surface area contributed by atoms with Crippen LogP contribution in [-0.4, -0.2) is 33.4 Å². The molecule has 2 aromatic rings. The summed E-state index contributed by atoms with van der Waals surface area (Å²) in [4.78, 5) is 2.25. The van der Waals surface area contributed by atoms with Crippen molar-refractivity contribution in [3.05, 3.63) is 52.6 Å². The van der Waals surface area contributed by atoms with Crippen molar-refractivity contribution in [2.24, 2.45) is 12.8 Å². The average Bonchev–Trinajstić information content (AvgIpc) is 3.14. The molecular formula is C17H19F3N4O. The SMILES string of the molecule is Cn1ncc2c1CN([C@H]1CO[C@H](c3cc(F)c(F)cc3F)[C@@H](N)C1)C2. The molecule has 1 aromatic carbocycles. The molecule has 5 nitrogen and oxygen atoms in total. The quantitative estimate of drug-likeness (QED) is 0.840. The monoisotopic (exact) mass is 352 g/mol. The second kappa shape index (κ2) is 6.12. The highest BCUT2D eigenvalue weighted by Crippen LogP contribution is 2.34. The van der Waals surface area contributed by atoms with Crippen molar-refractivity contribution in [2.75, 3.05) is 6.61 Å². The van der Waals surface area contributed by atoms with E-state index in [0.717, 1.165) is 19.2 Å². The number of halogens is 3. The minimum Gasteiger partial charge on any atom is -0.370 e. The van der Waals surface area contributed by atoms with Crippen molar-refractivity contribution in [2.45, 2.75) is 37.7 Å². The molecule has 8 heteroatoms. The molecule has 0 spiro atoms. The Kier molecular flexibility index (Phi) is 4.05. The number of aryl methyl sites for hydroxylation is 1. The lowest BCUT2D eigenvalue weighted by Crippen LogP contribution is -2.47. The van der Waals surface area contributed by atoms with Gasteiger partial charge in [-0.2, -0.15) is 5.10 Å². The normalized spacial score (nSPS) is 26.8. The summed E-state index contributed by atoms with van der Waals surface area (Å²) in [6.07, 6.45) is 1.67. The molecule has 25 heavy (non-hydrogen) atoms. The molecule has 3 heterocycles. The molecule has 134 valence electrons. The van der Waals surface area contributed by atoms with Crippen LogP contribution in [0.3, 0.4) is 0 Å². The number of ether oxygens (including phenoxy) is 1. The maximum Gasteiger partial charge on any atom is 0.161 e. The molecular weight excluding hydrogens is 333 g/mol. The van der Waals surface area contributed by atoms with Gasteiger partial charge in [0.1, 0.15) is 11.9 Å². The lowest BCUT2D eigenvalue weighted by molar-refractivity contribution is -0.0534. The van der Waals surface area contributed by atoms with Crippen LogP contribution >= 0.6 is 0 Å². The Balaban J connectivity index is 1.47. The van der Waals surface area contributed by atoms with Gasteiger partial charge in [-0.3, -0.25) is 9.58 Å². The maximum atomic E-state index is 14.0. The number of nitrogens with zero attached hydrogens (tertiary/aromatic N) is 3. The summed E-state index contributed by atoms with van der Waals surface area (Å²) < 4.78 is 48.2. The van der Waals surface area contributed by atoms with Gasteiger partial charge in [0.2, 0.25) is 0 Å². The topological polar surface area (TPSA) is 56.3 Å². The standard InChI is InChI=1S/C17H19F3N4O/c1-23-16-7-24(6-9(16)5-22-23)10-2-15(21)17(25-8-10)11-3-13(19)14(20)4-12(11)18/h3-5,10,15,17H,2,6-8,21H2,1H3/t10-,15+,17-/m1/s1. The molecule has 0 radical (unpaired) electrons. The summed E-state index contributed by atoms with van der Waals surface area (Å²) in [5.41, 5.74) is 8.51. The van der Waals surface area contributed by atoms with Crippen LogP contribution in [0.15, 0.2) is 18.3 Å². The second-order valence-electron chi connectivity index (χ2n) is 6.74. The smallest absolute Gasteiger partial charge is 0.161 e. The zero-order chi connectivity index (χ0) is 17.7. The van der Waals surface area contributed by atoms with Crippen LogP contribution in [0.1, 0.15) is 29.3 Å². The van der Waals surface area contributed by atoms with Gasteiger partial charge in [0, 0.05) is 49.4 Å². The lowest BCUT2D eigenvalue weighted by Gasteiger charge is -2.38. The molecule has 2 N–H and O–H groups in total. The van der Waals surface area contributed by atoms with Gasteiger partial charge in [-0.05, 0) is 12.5 Å². The molecule has 0 unspecified atom stereocenters. The first kappa shape index (κ1) is 16.6. The van der Waals surface area contributed by atoms with Crippen LogP contribution < -0.4 is 5.73 Å². The van der Waals surface area contributed by atoms with E-state index in [4.69, 9.17) is 10.5 Å². The highest BCUT2D eigenvalue weighted by atomic mass is 19.2. The van der Waals surface area contributed by atoms with Crippen LogP contribution in [0.25, 0.3) is 0 Å². The molecule has 1 aromatic heterocycles. The Morgan fingerprint density at radius 1 is 1.16 bits per heavy atom. The predicted molar refractivity (Wildman–Crippen MR) is 83.8 cm³/mol. The van der Waals surface area contributed by atoms with Crippen molar-refractivity contribution in [1.29, 1.82) is 0 Å². The highest BCUT2D eigenvalue weighted by Gasteiger charge is 2.37. The molecule has 1 fully saturated rings. The van der Waals surface area contributed by atoms with E-state index < -0.39 is 29.6 Å². The number of hydrogen-bond donors (Lipinski definition) is 1. The van der Waals surface area contributed by atoms with Gasteiger partial charge in [-0.25, -0.2) is 13.2 Å². The minimum atomic E-state index is -1.22. The van der Waals surface area contributed by atoms with E-state index in [1.54, 1.807) is 0 Å². The summed E-state index contributed by atoms with van der Waals surface area (Å²) in [7, 11) is 1.91. The average molecular weight is 352 g/mol. The van der Waals surface area contributed by atoms with Gasteiger partial charge in [0.25, 0.3) is 0 Å². The molecule has 2 aliphatic heterocycles. The van der Waals surface area contributed by atoms with Crippen LogP contribution in [0.5, 0.6) is 0 Å². The van der Waals surface area contributed by atoms with Gasteiger partial charge >= 0.3 is 0 Å². The van der Waals surface area contributed by atoms with Crippen molar-refractivity contribution in [3.8, 4) is 0 Å². The third-order valence-corrected chi connectivity index (χ3v) is 5.14. The van der Waals surface area contributed by atoms with E-state index in [2.05, 4.69) is 10.00 Å². The Morgan fingerprint density at radius 3 is 2.64 bits per heavy atom. The zero-order valence-electron chi connectivity index (χ0n) is 13.8. The van der Waals surface area contributed by atoms with E-state index in [1.807, 2.05) is 17.9 Å². The molecule has 0 saturated carbocycles. The predicted octanol–water partition coefficient (Wildman–Crippen LogP) is 2.01. The first-order valence-corrected chi connectivity index (χ1v) is 8.19. The Bertz CT molecular complexity index is 809. The first-order chi connectivity index (χ1) is 11.9. The summed E-state index contributed by atoms with van der Waals surface area (Å²) in [5.74, 6) is -3.15. The summed E-state index contributed by atoms with van der Waals surface area (Å²) in [6.45, 7) is 1.89. The number of benzene rings is 1. The highest BCUT2D eigenvalue weighted by molar-refractivity contribution is 5.25. The van der Waals surface area contributed by atoms with E-state index in [9.17, 15) is 13.2 Å². The van der Waals surface area contributed by atoms with E-state index in [1.165, 1.54) is 11.3 Å². The number of rotatable bonds is 2. The molecule has 0 aliphatic carbocycles. The van der Waals surface area contributed by atoms with Crippen molar-refractivity contribution >= 4 is 0 Å². The number of aromatic nitrogens is 2. The van der Waals surface area contributed by atoms with Crippen LogP contribution in [0, 0.1) is 17.5 Å². The molecule has 0 bridgehead atoms. The molecule has 1 saturated heterocycles. The number of hydrogen-bond acceptors (Lipinski definition) is 4. The fraction of sp³-hybridized carbons (Fsp3) is 0.471. The summed E-state index contributed by atoms with van der Waals surface area (Å²) in [6, 6.07) is 0.969. The molecule has 2 aliphatic rings. The van der Waals surface area contributed by atoms with Gasteiger partial charge in [0.15, 0.2) is 11.6 Å². The first-order valence-electron chi connectivity index (χ1n) is 8.19. The third kappa shape index (κ3) is 2.84. The fourth-order valence-corrected chi connectivity index (χ4v) is 3.74. The lowest BCUT2D eigenvalue weighted by atomic mass is 9.93. The van der Waals surface area contributed by atoms with Crippen LogP contribution in [-0.2, 0) is 24.9 Å². The second-order valence-corrected chi connectivity index (χ2v) is 6.74. The Morgan fingerprint density at radius 2 is 1.92 bits per heavy atom. The van der Waals surface area contributed by atoms with Crippen LogP contribution in [0.2, 0.25) is 0 Å². The van der Waals surface area contributed by atoms with E-state index in [0.29, 0.717) is 19.1 Å².